The van der Waals surface area contributed by atoms with Crippen molar-refractivity contribution < 1.29 is 4.74 Å². The summed E-state index contributed by atoms with van der Waals surface area (Å²) < 4.78 is 5.99. The van der Waals surface area contributed by atoms with Crippen molar-refractivity contribution >= 4 is 12.1 Å². The number of aliphatic imine (C=N–C) groups is 2. The maximum Gasteiger partial charge on any atom is 0.120 e. The molecule has 7 heteroatoms. The molecule has 3 atom stereocenters. The Morgan fingerprint density at radius 2 is 2.22 bits per heavy atom. The lowest BCUT2D eigenvalue weighted by atomic mass is 10.1. The van der Waals surface area contributed by atoms with Crippen LogP contribution in [0, 0.1) is 0 Å². The number of allylic oxidation sites excluding steroid dienone is 5. The third-order valence-electron chi connectivity index (χ3n) is 5.76. The molecule has 0 bridgehead atoms. The molecule has 0 aromatic carbocycles. The highest BCUT2D eigenvalue weighted by atomic mass is 16.5. The topological polar surface area (TPSA) is 101 Å². The van der Waals surface area contributed by atoms with Crippen LogP contribution in [0.4, 0.5) is 0 Å². The lowest BCUT2D eigenvalue weighted by Crippen LogP contribution is -2.25. The van der Waals surface area contributed by atoms with E-state index in [0.717, 1.165) is 50.2 Å². The molecule has 2 unspecified atom stereocenters. The minimum atomic E-state index is 0.303. The van der Waals surface area contributed by atoms with Crippen LogP contribution < -0.4 is 16.8 Å². The summed E-state index contributed by atoms with van der Waals surface area (Å²) in [6, 6.07) is 0.449. The van der Waals surface area contributed by atoms with Gasteiger partial charge in [-0.2, -0.15) is 0 Å². The van der Waals surface area contributed by atoms with E-state index in [9.17, 15) is 0 Å². The predicted molar refractivity (Wildman–Crippen MR) is 134 cm³/mol. The number of nitrogens with one attached hydrogen (secondary N) is 1. The van der Waals surface area contributed by atoms with Gasteiger partial charge in [0, 0.05) is 32.3 Å². The summed E-state index contributed by atoms with van der Waals surface area (Å²) in [6.07, 6.45) is 18.8. The zero-order valence-electron chi connectivity index (χ0n) is 19.5. The normalized spacial score (nSPS) is 30.0. The van der Waals surface area contributed by atoms with Gasteiger partial charge in [0.15, 0.2) is 0 Å². The number of fused-ring (bicyclic) bond motifs is 1. The second kappa shape index (κ2) is 12.5. The van der Waals surface area contributed by atoms with Crippen LogP contribution in [0.5, 0.6) is 0 Å². The molecule has 174 valence electrons. The van der Waals surface area contributed by atoms with Gasteiger partial charge in [-0.15, -0.1) is 0 Å². The highest BCUT2D eigenvalue weighted by Crippen LogP contribution is 2.30. The first-order chi connectivity index (χ1) is 15.6. The molecule has 0 saturated carbocycles. The van der Waals surface area contributed by atoms with Gasteiger partial charge < -0.3 is 21.5 Å². The zero-order valence-corrected chi connectivity index (χ0v) is 19.5. The lowest BCUT2D eigenvalue weighted by molar-refractivity contribution is 0.240. The van der Waals surface area contributed by atoms with Gasteiger partial charge >= 0.3 is 0 Å². The molecular weight excluding hydrogens is 400 g/mol. The Labute approximate surface area is 192 Å². The molecule has 2 heterocycles. The van der Waals surface area contributed by atoms with Gasteiger partial charge in [-0.05, 0) is 50.5 Å². The van der Waals surface area contributed by atoms with Crippen molar-refractivity contribution in [1.29, 1.82) is 0 Å². The average Bonchev–Trinajstić information content (AvgIpc) is 3.45. The van der Waals surface area contributed by atoms with E-state index in [-0.39, 0.29) is 0 Å². The molecule has 5 N–H and O–H groups in total. The van der Waals surface area contributed by atoms with Crippen LogP contribution in [-0.4, -0.2) is 61.9 Å². The van der Waals surface area contributed by atoms with Gasteiger partial charge in [0.05, 0.1) is 23.3 Å². The van der Waals surface area contributed by atoms with Crippen molar-refractivity contribution in [3.63, 3.8) is 0 Å². The third-order valence-corrected chi connectivity index (χ3v) is 5.76. The standard InChI is InChI=1S/C25H38N6O/c1-3-20-11-14-31-24(25(31)29-16-20)18-28-17-22(30-19(2)27)12-15-32-23-8-4-6-21(10-13-26)7-5-9-23/h4,6-7,9,11-12,16,24-25,28H,3,5,8,10,13-15,17-18,26H2,1-2H3,(H2,27,30)/b6-4-,21-7+,22-12-,23-9+/t24?,25-,31?/m0/s1. The Balaban J connectivity index is 1.45. The van der Waals surface area contributed by atoms with E-state index in [1.807, 2.05) is 12.3 Å². The number of nitrogens with zero attached hydrogens (tertiary/aromatic N) is 3. The van der Waals surface area contributed by atoms with E-state index >= 15 is 0 Å². The van der Waals surface area contributed by atoms with Crippen LogP contribution in [0.15, 0.2) is 69.0 Å². The summed E-state index contributed by atoms with van der Waals surface area (Å²) in [5.74, 6) is 1.52. The van der Waals surface area contributed by atoms with Gasteiger partial charge in [0.25, 0.3) is 0 Å². The average molecular weight is 439 g/mol. The molecule has 1 fully saturated rings. The van der Waals surface area contributed by atoms with Crippen molar-refractivity contribution in [3.8, 4) is 0 Å². The largest absolute Gasteiger partial charge is 0.494 e. The van der Waals surface area contributed by atoms with Gasteiger partial charge in [-0.25, -0.2) is 4.99 Å². The Bertz CT molecular complexity index is 844. The van der Waals surface area contributed by atoms with E-state index in [1.54, 1.807) is 6.92 Å². The molecule has 1 saturated heterocycles. The van der Waals surface area contributed by atoms with Gasteiger partial charge in [-0.1, -0.05) is 36.8 Å². The summed E-state index contributed by atoms with van der Waals surface area (Å²) >= 11 is 0. The zero-order chi connectivity index (χ0) is 22.8. The number of hydrogen-bond donors (Lipinski definition) is 3. The molecular formula is C25H38N6O. The maximum atomic E-state index is 5.99. The Morgan fingerprint density at radius 3 is 3.00 bits per heavy atom. The first-order valence-corrected chi connectivity index (χ1v) is 11.7. The summed E-state index contributed by atoms with van der Waals surface area (Å²) in [7, 11) is 0. The monoisotopic (exact) mass is 438 g/mol. The Morgan fingerprint density at radius 1 is 1.34 bits per heavy atom. The van der Waals surface area contributed by atoms with Gasteiger partial charge in [-0.3, -0.25) is 9.89 Å². The molecule has 0 spiro atoms. The SMILES string of the molecule is CCC1=CCN2C(CNC/C(=C/CO/C3=C/C/C=C(CCN)\C=C/C3)N=C(C)N)[C@H]2N=C1. The fourth-order valence-electron chi connectivity index (χ4n) is 3.92. The minimum Gasteiger partial charge on any atom is -0.494 e. The van der Waals surface area contributed by atoms with E-state index < -0.39 is 0 Å². The van der Waals surface area contributed by atoms with E-state index in [4.69, 9.17) is 21.2 Å². The van der Waals surface area contributed by atoms with Crippen LogP contribution in [0.1, 0.15) is 39.5 Å². The third kappa shape index (κ3) is 7.58. The number of amidine groups is 1. The summed E-state index contributed by atoms with van der Waals surface area (Å²) in [4.78, 5) is 11.6. The number of hydrogen-bond acceptors (Lipinski definition) is 6. The van der Waals surface area contributed by atoms with Crippen LogP contribution >= 0.6 is 0 Å². The quantitative estimate of drug-likeness (QED) is 0.262. The molecule has 7 nitrogen and oxygen atoms in total. The highest BCUT2D eigenvalue weighted by Gasteiger charge is 2.46. The van der Waals surface area contributed by atoms with Gasteiger partial charge in [0.2, 0.25) is 0 Å². The van der Waals surface area contributed by atoms with Crippen molar-refractivity contribution in [3.05, 3.63) is 59.1 Å². The first-order valence-electron chi connectivity index (χ1n) is 11.7. The summed E-state index contributed by atoms with van der Waals surface area (Å²) in [6.45, 7) is 7.62. The molecule has 2 aliphatic heterocycles. The number of ether oxygens (including phenoxy) is 1. The van der Waals surface area contributed by atoms with Crippen molar-refractivity contribution in [1.82, 2.24) is 10.2 Å². The van der Waals surface area contributed by atoms with Crippen LogP contribution in [-0.2, 0) is 4.74 Å². The maximum absolute atomic E-state index is 5.99. The van der Waals surface area contributed by atoms with Crippen molar-refractivity contribution in [2.24, 2.45) is 21.5 Å². The van der Waals surface area contributed by atoms with Crippen LogP contribution in [0.2, 0.25) is 0 Å². The smallest absolute Gasteiger partial charge is 0.120 e. The Hall–Kier alpha value is -2.48. The van der Waals surface area contributed by atoms with Gasteiger partial charge in [0.1, 0.15) is 12.8 Å². The fourth-order valence-corrected chi connectivity index (χ4v) is 3.92. The predicted octanol–water partition coefficient (Wildman–Crippen LogP) is 2.79. The molecule has 1 aliphatic carbocycles. The molecule has 32 heavy (non-hydrogen) atoms. The molecule has 0 aromatic rings. The highest BCUT2D eigenvalue weighted by molar-refractivity contribution is 5.79. The number of nitrogens with two attached hydrogens (primary N) is 2. The Kier molecular flexibility index (Phi) is 9.46. The van der Waals surface area contributed by atoms with Crippen LogP contribution in [0.3, 0.4) is 0 Å². The summed E-state index contributed by atoms with van der Waals surface area (Å²) in [5, 5.41) is 3.51. The molecule has 0 aromatic heterocycles. The van der Waals surface area contributed by atoms with Crippen LogP contribution in [0.25, 0.3) is 0 Å². The second-order valence-electron chi connectivity index (χ2n) is 8.31. The van der Waals surface area contributed by atoms with E-state index in [2.05, 4.69) is 52.5 Å². The lowest BCUT2D eigenvalue weighted by Gasteiger charge is -2.11. The molecule has 3 rings (SSSR count). The fraction of sp³-hybridized carbons (Fsp3) is 0.520. The molecule has 3 aliphatic rings. The minimum absolute atomic E-state index is 0.303. The first kappa shape index (κ1) is 24.2. The summed E-state index contributed by atoms with van der Waals surface area (Å²) in [5.41, 5.74) is 15.0. The number of rotatable bonds is 11. The van der Waals surface area contributed by atoms with E-state index in [0.29, 0.717) is 37.7 Å². The molecule has 0 amide bonds. The van der Waals surface area contributed by atoms with Crippen molar-refractivity contribution in [2.45, 2.75) is 51.7 Å². The second-order valence-corrected chi connectivity index (χ2v) is 8.31. The molecule has 0 radical (unpaired) electrons. The van der Waals surface area contributed by atoms with Crippen molar-refractivity contribution in [2.75, 3.05) is 32.8 Å². The van der Waals surface area contributed by atoms with E-state index in [1.165, 1.54) is 11.1 Å².